The van der Waals surface area contributed by atoms with E-state index >= 15 is 0 Å². The average Bonchev–Trinajstić information content (AvgIpc) is 2.78. The molecule has 0 aliphatic rings. The number of nitrogens with one attached hydrogen (secondary N) is 1. The molecule has 0 radical (unpaired) electrons. The Kier molecular flexibility index (Phi) is 4.44. The second-order valence-electron chi connectivity index (χ2n) is 3.85. The minimum Gasteiger partial charge on any atom is -0.492 e. The molecule has 8 heteroatoms. The first-order valence-corrected chi connectivity index (χ1v) is 6.51. The van der Waals surface area contributed by atoms with Crippen molar-refractivity contribution in [3.8, 4) is 11.4 Å². The highest BCUT2D eigenvalue weighted by Gasteiger charge is 2.13. The number of H-pyrrole nitrogens is 1. The van der Waals surface area contributed by atoms with Crippen molar-refractivity contribution in [2.24, 2.45) is 0 Å². The molecule has 0 fully saturated rings. The molecule has 2 rings (SSSR count). The predicted octanol–water partition coefficient (Wildman–Crippen LogP) is 2.44. The summed E-state index contributed by atoms with van der Waals surface area (Å²) < 4.78 is 6.59. The van der Waals surface area contributed by atoms with Crippen LogP contribution < -0.4 is 10.4 Å². The van der Waals surface area contributed by atoms with E-state index in [0.717, 1.165) is 17.5 Å². The van der Waals surface area contributed by atoms with E-state index in [1.165, 1.54) is 6.07 Å². The zero-order chi connectivity index (χ0) is 13.8. The molecule has 6 nitrogen and oxygen atoms in total. The lowest BCUT2D eigenvalue weighted by atomic mass is 10.3. The number of halogens is 2. The predicted molar refractivity (Wildman–Crippen MR) is 72.4 cm³/mol. The van der Waals surface area contributed by atoms with Crippen molar-refractivity contribution in [2.75, 3.05) is 6.61 Å². The largest absolute Gasteiger partial charge is 0.492 e. The number of nitrogens with zero attached hydrogens (tertiary/aromatic N) is 3. The van der Waals surface area contributed by atoms with E-state index in [1.54, 1.807) is 6.07 Å². The van der Waals surface area contributed by atoms with Crippen LogP contribution in [0.15, 0.2) is 16.9 Å². The van der Waals surface area contributed by atoms with Gasteiger partial charge < -0.3 is 4.74 Å². The standard InChI is InChI=1S/C11H12Cl2N4O2/c1-2-3-4-19-10-6-9(7(12)5-8(10)13)17-11(18)14-15-16-17/h5-6H,2-4H2,1H3,(H,14,16,18). The average molecular weight is 303 g/mol. The number of aromatic nitrogens is 4. The maximum atomic E-state index is 11.5. The van der Waals surface area contributed by atoms with Gasteiger partial charge in [0.15, 0.2) is 0 Å². The number of hydrogen-bond donors (Lipinski definition) is 1. The van der Waals surface area contributed by atoms with Crippen molar-refractivity contribution in [1.82, 2.24) is 20.2 Å². The first-order chi connectivity index (χ1) is 9.13. The summed E-state index contributed by atoms with van der Waals surface area (Å²) in [6, 6.07) is 3.09. The van der Waals surface area contributed by atoms with Crippen LogP contribution in [0.1, 0.15) is 19.8 Å². The monoisotopic (exact) mass is 302 g/mol. The number of benzene rings is 1. The summed E-state index contributed by atoms with van der Waals surface area (Å²) in [5.74, 6) is 0.462. The summed E-state index contributed by atoms with van der Waals surface area (Å²) >= 11 is 12.1. The summed E-state index contributed by atoms with van der Waals surface area (Å²) in [5.41, 5.74) is -0.111. The molecule has 0 bridgehead atoms. The van der Waals surface area contributed by atoms with Crippen LogP contribution in [0, 0.1) is 0 Å². The first kappa shape index (κ1) is 13.9. The van der Waals surface area contributed by atoms with Crippen LogP contribution in [-0.4, -0.2) is 26.8 Å². The van der Waals surface area contributed by atoms with Gasteiger partial charge in [-0.25, -0.2) is 9.89 Å². The Labute approximate surface area is 119 Å². The molecule has 1 aromatic carbocycles. The van der Waals surface area contributed by atoms with Crippen LogP contribution in [0.4, 0.5) is 0 Å². The lowest BCUT2D eigenvalue weighted by Gasteiger charge is -2.10. The topological polar surface area (TPSA) is 72.8 Å². The summed E-state index contributed by atoms with van der Waals surface area (Å²) in [6.07, 6.45) is 1.93. The molecule has 0 aliphatic heterocycles. The SMILES string of the molecule is CCCCOc1cc(-n2nn[nH]c2=O)c(Cl)cc1Cl. The van der Waals surface area contributed by atoms with Gasteiger partial charge in [-0.05, 0) is 22.9 Å². The van der Waals surface area contributed by atoms with Crippen molar-refractivity contribution in [1.29, 1.82) is 0 Å². The Morgan fingerprint density at radius 3 is 2.79 bits per heavy atom. The second kappa shape index (κ2) is 6.08. The smallest absolute Gasteiger partial charge is 0.365 e. The number of unbranched alkanes of at least 4 members (excludes halogenated alkanes) is 1. The van der Waals surface area contributed by atoms with Gasteiger partial charge in [0.1, 0.15) is 5.75 Å². The van der Waals surface area contributed by atoms with Crippen molar-refractivity contribution >= 4 is 23.2 Å². The van der Waals surface area contributed by atoms with Crippen LogP contribution in [0.5, 0.6) is 5.75 Å². The van der Waals surface area contributed by atoms with Crippen LogP contribution in [0.2, 0.25) is 10.0 Å². The van der Waals surface area contributed by atoms with Gasteiger partial charge in [0.25, 0.3) is 0 Å². The molecular formula is C11H12Cl2N4O2. The van der Waals surface area contributed by atoms with E-state index in [9.17, 15) is 4.79 Å². The summed E-state index contributed by atoms with van der Waals surface area (Å²) in [7, 11) is 0. The number of rotatable bonds is 5. The van der Waals surface area contributed by atoms with E-state index in [0.29, 0.717) is 28.1 Å². The molecule has 1 heterocycles. The molecule has 0 amide bonds. The van der Waals surface area contributed by atoms with Crippen LogP contribution in [0.3, 0.4) is 0 Å². The van der Waals surface area contributed by atoms with Gasteiger partial charge in [-0.1, -0.05) is 36.5 Å². The molecule has 1 N–H and O–H groups in total. The number of hydrogen-bond acceptors (Lipinski definition) is 4. The lowest BCUT2D eigenvalue weighted by molar-refractivity contribution is 0.309. The summed E-state index contributed by atoms with van der Waals surface area (Å²) in [6.45, 7) is 2.61. The van der Waals surface area contributed by atoms with Crippen molar-refractivity contribution in [3.63, 3.8) is 0 Å². The minimum atomic E-state index is -0.483. The van der Waals surface area contributed by atoms with E-state index in [1.807, 2.05) is 0 Å². The van der Waals surface area contributed by atoms with Gasteiger partial charge in [0.2, 0.25) is 0 Å². The van der Waals surface area contributed by atoms with E-state index in [4.69, 9.17) is 27.9 Å². The van der Waals surface area contributed by atoms with Crippen LogP contribution >= 0.6 is 23.2 Å². The summed E-state index contributed by atoms with van der Waals surface area (Å²) in [4.78, 5) is 11.5. The molecule has 0 unspecified atom stereocenters. The van der Waals surface area contributed by atoms with Crippen LogP contribution in [0.25, 0.3) is 5.69 Å². The molecule has 0 saturated carbocycles. The minimum absolute atomic E-state index is 0.295. The number of aromatic amines is 1. The molecule has 2 aromatic rings. The van der Waals surface area contributed by atoms with E-state index in [2.05, 4.69) is 22.4 Å². The maximum Gasteiger partial charge on any atom is 0.365 e. The molecule has 0 atom stereocenters. The maximum absolute atomic E-state index is 11.5. The Morgan fingerprint density at radius 1 is 1.37 bits per heavy atom. The van der Waals surface area contributed by atoms with Crippen molar-refractivity contribution in [3.05, 3.63) is 32.7 Å². The fraction of sp³-hybridized carbons (Fsp3) is 0.364. The van der Waals surface area contributed by atoms with Gasteiger partial charge in [0.05, 0.1) is 22.3 Å². The van der Waals surface area contributed by atoms with Crippen LogP contribution in [-0.2, 0) is 0 Å². The Balaban J connectivity index is 2.37. The van der Waals surface area contributed by atoms with Crippen molar-refractivity contribution in [2.45, 2.75) is 19.8 Å². The third kappa shape index (κ3) is 3.08. The zero-order valence-electron chi connectivity index (χ0n) is 10.2. The summed E-state index contributed by atoms with van der Waals surface area (Å²) in [5, 5.41) is 9.92. The van der Waals surface area contributed by atoms with Gasteiger partial charge >= 0.3 is 5.69 Å². The second-order valence-corrected chi connectivity index (χ2v) is 4.67. The first-order valence-electron chi connectivity index (χ1n) is 5.76. The van der Waals surface area contributed by atoms with Gasteiger partial charge in [0, 0.05) is 6.07 Å². The molecule has 19 heavy (non-hydrogen) atoms. The molecule has 1 aromatic heterocycles. The highest BCUT2D eigenvalue weighted by Crippen LogP contribution is 2.32. The Bertz CT molecular complexity index is 623. The highest BCUT2D eigenvalue weighted by atomic mass is 35.5. The van der Waals surface area contributed by atoms with Gasteiger partial charge in [-0.2, -0.15) is 4.68 Å². The Hall–Kier alpha value is -1.53. The molecule has 0 saturated heterocycles. The molecule has 0 spiro atoms. The number of ether oxygens (including phenoxy) is 1. The molecule has 102 valence electrons. The highest BCUT2D eigenvalue weighted by molar-refractivity contribution is 6.36. The fourth-order valence-corrected chi connectivity index (χ4v) is 1.99. The lowest BCUT2D eigenvalue weighted by Crippen LogP contribution is -2.16. The van der Waals surface area contributed by atoms with Gasteiger partial charge in [-0.15, -0.1) is 0 Å². The van der Waals surface area contributed by atoms with Crippen molar-refractivity contribution < 1.29 is 4.74 Å². The quantitative estimate of drug-likeness (QED) is 0.861. The normalized spacial score (nSPS) is 10.7. The van der Waals surface area contributed by atoms with E-state index < -0.39 is 5.69 Å². The fourth-order valence-electron chi connectivity index (χ4n) is 1.47. The molecular weight excluding hydrogens is 291 g/mol. The third-order valence-corrected chi connectivity index (χ3v) is 3.06. The molecule has 0 aliphatic carbocycles. The number of tetrazole rings is 1. The Morgan fingerprint density at radius 2 is 2.16 bits per heavy atom. The van der Waals surface area contributed by atoms with Gasteiger partial charge in [-0.3, -0.25) is 0 Å². The zero-order valence-corrected chi connectivity index (χ0v) is 11.7. The third-order valence-electron chi connectivity index (χ3n) is 2.46. The van der Waals surface area contributed by atoms with E-state index in [-0.39, 0.29) is 0 Å².